The van der Waals surface area contributed by atoms with Crippen molar-refractivity contribution in [1.29, 1.82) is 0 Å². The Morgan fingerprint density at radius 1 is 0.531 bits per heavy atom. The molecular formula is C26H24O6. The number of ketones is 1. The Hall–Kier alpha value is -3.93. The predicted octanol–water partition coefficient (Wildman–Crippen LogP) is 4.89. The molecule has 3 aromatic rings. The smallest absolute Gasteiger partial charge is 0.195 e. The predicted molar refractivity (Wildman–Crippen MR) is 122 cm³/mol. The number of Topliss-reactive ketones (excluding diaryl/α,β-unsaturated/α-hetero) is 1. The Balaban J connectivity index is 2.06. The number of carbonyl (C=O) groups is 1. The second-order valence-electron chi connectivity index (χ2n) is 7.16. The average Bonchev–Trinajstić information content (AvgIpc) is 3.15. The van der Waals surface area contributed by atoms with Gasteiger partial charge in [-0.25, -0.2) is 0 Å². The van der Waals surface area contributed by atoms with E-state index >= 15 is 0 Å². The fourth-order valence-corrected chi connectivity index (χ4v) is 3.95. The van der Waals surface area contributed by atoms with Crippen molar-refractivity contribution in [3.63, 3.8) is 0 Å². The van der Waals surface area contributed by atoms with E-state index in [1.165, 1.54) is 0 Å². The Kier molecular flexibility index (Phi) is 5.77. The second kappa shape index (κ2) is 8.67. The number of benzene rings is 3. The molecule has 0 amide bonds. The molecule has 3 aromatic carbocycles. The van der Waals surface area contributed by atoms with Crippen LogP contribution in [0.1, 0.15) is 27.0 Å². The molecule has 6 heteroatoms. The number of fused-ring (bicyclic) bond motifs is 1. The van der Waals surface area contributed by atoms with E-state index < -0.39 is 0 Å². The van der Waals surface area contributed by atoms with Gasteiger partial charge in [0, 0.05) is 34.4 Å². The molecular weight excluding hydrogens is 408 g/mol. The van der Waals surface area contributed by atoms with Gasteiger partial charge in [-0.05, 0) is 41.5 Å². The van der Waals surface area contributed by atoms with Crippen molar-refractivity contribution in [3.8, 4) is 28.7 Å². The van der Waals surface area contributed by atoms with Crippen LogP contribution >= 0.6 is 0 Å². The van der Waals surface area contributed by atoms with E-state index in [-0.39, 0.29) is 5.78 Å². The van der Waals surface area contributed by atoms with E-state index in [0.717, 1.165) is 16.7 Å². The van der Waals surface area contributed by atoms with Crippen molar-refractivity contribution in [2.75, 3.05) is 35.5 Å². The highest BCUT2D eigenvalue weighted by molar-refractivity contribution is 6.42. The number of hydrogen-bond donors (Lipinski definition) is 0. The standard InChI is InChI=1S/C26H24O6/c1-28-17-8-6-15(7-9-17)24-23(16-10-18(29-2)12-19(11-16)30-3)25-21(26(24)27)13-20(31-4)14-22(25)32-5/h6-14H,1-5H3. The summed E-state index contributed by atoms with van der Waals surface area (Å²) in [5.74, 6) is 2.93. The Bertz CT molecular complexity index is 1190. The molecule has 1 aliphatic carbocycles. The van der Waals surface area contributed by atoms with Crippen molar-refractivity contribution >= 4 is 16.9 Å². The SMILES string of the molecule is COc1ccc(C2=C(c3cc(OC)cc(OC)c3)c3c(OC)cc(OC)cc3C2=O)cc1. The molecule has 0 aliphatic heterocycles. The van der Waals surface area contributed by atoms with Gasteiger partial charge in [-0.3, -0.25) is 4.79 Å². The van der Waals surface area contributed by atoms with Crippen LogP contribution in [-0.2, 0) is 0 Å². The van der Waals surface area contributed by atoms with Crippen LogP contribution in [0.3, 0.4) is 0 Å². The van der Waals surface area contributed by atoms with Crippen molar-refractivity contribution in [2.45, 2.75) is 0 Å². The van der Waals surface area contributed by atoms with Crippen molar-refractivity contribution < 1.29 is 28.5 Å². The minimum Gasteiger partial charge on any atom is -0.497 e. The third-order valence-electron chi connectivity index (χ3n) is 5.52. The van der Waals surface area contributed by atoms with Gasteiger partial charge in [0.25, 0.3) is 0 Å². The summed E-state index contributed by atoms with van der Waals surface area (Å²) in [6, 6.07) is 16.5. The second-order valence-corrected chi connectivity index (χ2v) is 7.16. The maximum atomic E-state index is 13.7. The lowest BCUT2D eigenvalue weighted by Gasteiger charge is -2.15. The van der Waals surface area contributed by atoms with Crippen LogP contribution in [0.25, 0.3) is 11.1 Å². The summed E-state index contributed by atoms with van der Waals surface area (Å²) in [6.45, 7) is 0. The third-order valence-corrected chi connectivity index (χ3v) is 5.52. The minimum absolute atomic E-state index is 0.112. The fourth-order valence-electron chi connectivity index (χ4n) is 3.95. The maximum Gasteiger partial charge on any atom is 0.195 e. The molecule has 6 nitrogen and oxygen atoms in total. The molecule has 0 radical (unpaired) electrons. The molecule has 0 fully saturated rings. The Morgan fingerprint density at radius 2 is 1.09 bits per heavy atom. The molecule has 4 rings (SSSR count). The molecule has 32 heavy (non-hydrogen) atoms. The van der Waals surface area contributed by atoms with Gasteiger partial charge in [-0.2, -0.15) is 0 Å². The normalized spacial score (nSPS) is 12.5. The van der Waals surface area contributed by atoms with Gasteiger partial charge in [0.1, 0.15) is 28.7 Å². The molecule has 0 saturated heterocycles. The lowest BCUT2D eigenvalue weighted by molar-refractivity contribution is 0.105. The molecule has 0 saturated carbocycles. The fraction of sp³-hybridized carbons (Fsp3) is 0.192. The van der Waals surface area contributed by atoms with Gasteiger partial charge in [-0.1, -0.05) is 12.1 Å². The van der Waals surface area contributed by atoms with Crippen LogP contribution in [0.5, 0.6) is 28.7 Å². The summed E-state index contributed by atoms with van der Waals surface area (Å²) in [6.07, 6.45) is 0. The van der Waals surface area contributed by atoms with E-state index in [4.69, 9.17) is 23.7 Å². The minimum atomic E-state index is -0.112. The number of ether oxygens (including phenoxy) is 5. The van der Waals surface area contributed by atoms with Crippen LogP contribution < -0.4 is 23.7 Å². The van der Waals surface area contributed by atoms with Crippen molar-refractivity contribution in [3.05, 3.63) is 76.9 Å². The van der Waals surface area contributed by atoms with E-state index in [0.29, 0.717) is 45.4 Å². The van der Waals surface area contributed by atoms with Gasteiger partial charge in [-0.15, -0.1) is 0 Å². The van der Waals surface area contributed by atoms with Gasteiger partial charge in [0.05, 0.1) is 35.5 Å². The quantitative estimate of drug-likeness (QED) is 0.530. The van der Waals surface area contributed by atoms with Gasteiger partial charge in [0.15, 0.2) is 5.78 Å². The molecule has 0 spiro atoms. The number of rotatable bonds is 7. The summed E-state index contributed by atoms with van der Waals surface area (Å²) in [7, 11) is 7.93. The van der Waals surface area contributed by atoms with Crippen LogP contribution in [0, 0.1) is 0 Å². The highest BCUT2D eigenvalue weighted by Crippen LogP contribution is 2.48. The van der Waals surface area contributed by atoms with E-state index in [1.54, 1.807) is 53.7 Å². The monoisotopic (exact) mass is 432 g/mol. The number of methoxy groups -OCH3 is 5. The average molecular weight is 432 g/mol. The molecule has 0 atom stereocenters. The van der Waals surface area contributed by atoms with Crippen LogP contribution in [-0.4, -0.2) is 41.3 Å². The lowest BCUT2D eigenvalue weighted by atomic mass is 9.93. The van der Waals surface area contributed by atoms with Gasteiger partial charge < -0.3 is 23.7 Å². The first-order valence-electron chi connectivity index (χ1n) is 9.97. The first kappa shape index (κ1) is 21.3. The van der Waals surface area contributed by atoms with Crippen molar-refractivity contribution in [1.82, 2.24) is 0 Å². The molecule has 0 aromatic heterocycles. The van der Waals surface area contributed by atoms with E-state index in [2.05, 4.69) is 0 Å². The first-order valence-corrected chi connectivity index (χ1v) is 9.97. The zero-order valence-electron chi connectivity index (χ0n) is 18.6. The van der Waals surface area contributed by atoms with Gasteiger partial charge in [0.2, 0.25) is 0 Å². The first-order chi connectivity index (χ1) is 15.5. The summed E-state index contributed by atoms with van der Waals surface area (Å²) in [5.41, 5.74) is 4.08. The zero-order valence-corrected chi connectivity index (χ0v) is 18.6. The molecule has 0 heterocycles. The molecule has 0 bridgehead atoms. The number of hydrogen-bond acceptors (Lipinski definition) is 6. The molecule has 0 N–H and O–H groups in total. The van der Waals surface area contributed by atoms with Crippen molar-refractivity contribution in [2.24, 2.45) is 0 Å². The molecule has 1 aliphatic rings. The van der Waals surface area contributed by atoms with Gasteiger partial charge >= 0.3 is 0 Å². The maximum absolute atomic E-state index is 13.7. The van der Waals surface area contributed by atoms with E-state index in [1.807, 2.05) is 36.4 Å². The number of allylic oxidation sites excluding steroid dienone is 1. The van der Waals surface area contributed by atoms with Crippen LogP contribution in [0.15, 0.2) is 54.6 Å². The Morgan fingerprint density at radius 3 is 1.62 bits per heavy atom. The Labute approximate surface area is 186 Å². The molecule has 0 unspecified atom stereocenters. The van der Waals surface area contributed by atoms with Crippen LogP contribution in [0.2, 0.25) is 0 Å². The summed E-state index contributed by atoms with van der Waals surface area (Å²) < 4.78 is 27.3. The lowest BCUT2D eigenvalue weighted by Crippen LogP contribution is -2.00. The highest BCUT2D eigenvalue weighted by Gasteiger charge is 2.35. The zero-order chi connectivity index (χ0) is 22.8. The summed E-state index contributed by atoms with van der Waals surface area (Å²) >= 11 is 0. The number of carbonyl (C=O) groups excluding carboxylic acids is 1. The van der Waals surface area contributed by atoms with Crippen LogP contribution in [0.4, 0.5) is 0 Å². The summed E-state index contributed by atoms with van der Waals surface area (Å²) in [4.78, 5) is 13.7. The largest absolute Gasteiger partial charge is 0.497 e. The summed E-state index contributed by atoms with van der Waals surface area (Å²) in [5, 5.41) is 0. The topological polar surface area (TPSA) is 63.2 Å². The van der Waals surface area contributed by atoms with E-state index in [9.17, 15) is 4.79 Å². The third kappa shape index (κ3) is 3.54. The highest BCUT2D eigenvalue weighted by atomic mass is 16.5. The molecule has 164 valence electrons.